The van der Waals surface area contributed by atoms with Crippen LogP contribution in [-0.4, -0.2) is 37.0 Å². The van der Waals surface area contributed by atoms with Crippen LogP contribution in [0.5, 0.6) is 5.75 Å². The predicted molar refractivity (Wildman–Crippen MR) is 129 cm³/mol. The number of fused-ring (bicyclic) bond motifs is 1. The fourth-order valence-electron chi connectivity index (χ4n) is 4.99. The molecule has 0 saturated carbocycles. The van der Waals surface area contributed by atoms with Gasteiger partial charge in [-0.05, 0) is 86.7 Å². The standard InChI is InChI=1S/C26H29N3O4/c1-6-28-22-12-7-17(13-20(22)16(2)15-26(28,3)4)14-21-23(30)27-25(32)29(24(21)31)18-8-10-19(33-5)11-9-18/h7-14,16H,6,15H2,1-5H3,(H,27,30,32)/b21-14+/t16-/m1/s1. The van der Waals surface area contributed by atoms with E-state index in [2.05, 4.69) is 44.0 Å². The van der Waals surface area contributed by atoms with Crippen molar-refractivity contribution in [1.82, 2.24) is 5.32 Å². The third-order valence-electron chi connectivity index (χ3n) is 6.47. The van der Waals surface area contributed by atoms with Gasteiger partial charge in [0.05, 0.1) is 12.8 Å². The molecule has 2 aliphatic rings. The normalized spacial score (nSPS) is 21.2. The Balaban J connectivity index is 1.70. The third kappa shape index (κ3) is 3.99. The lowest BCUT2D eigenvalue weighted by Crippen LogP contribution is -2.54. The van der Waals surface area contributed by atoms with Crippen molar-refractivity contribution in [2.75, 3.05) is 23.5 Å². The topological polar surface area (TPSA) is 79.0 Å². The quantitative estimate of drug-likeness (QED) is 0.553. The molecule has 2 aromatic carbocycles. The molecule has 0 aliphatic carbocycles. The maximum absolute atomic E-state index is 13.2. The SMILES string of the molecule is CCN1c2ccc(/C=C3\C(=O)NC(=O)N(c4ccc(OC)cc4)C3=O)cc2[C@H](C)CC1(C)C. The molecule has 7 nitrogen and oxygen atoms in total. The first kappa shape index (κ1) is 22.6. The van der Waals surface area contributed by atoms with Gasteiger partial charge in [-0.25, -0.2) is 9.69 Å². The van der Waals surface area contributed by atoms with E-state index in [0.29, 0.717) is 17.4 Å². The fraction of sp³-hybridized carbons (Fsp3) is 0.346. The fourth-order valence-corrected chi connectivity index (χ4v) is 4.99. The zero-order valence-corrected chi connectivity index (χ0v) is 19.6. The van der Waals surface area contributed by atoms with Gasteiger partial charge >= 0.3 is 6.03 Å². The number of amides is 4. The minimum atomic E-state index is -0.771. The summed E-state index contributed by atoms with van der Waals surface area (Å²) in [4.78, 5) is 41.5. The van der Waals surface area contributed by atoms with Crippen LogP contribution in [0.15, 0.2) is 48.0 Å². The van der Waals surface area contributed by atoms with Crippen LogP contribution in [0.4, 0.5) is 16.2 Å². The molecule has 0 aromatic heterocycles. The lowest BCUT2D eigenvalue weighted by atomic mass is 9.79. The minimum absolute atomic E-state index is 0.0552. The number of barbiturate groups is 1. The van der Waals surface area contributed by atoms with Crippen LogP contribution >= 0.6 is 0 Å². The molecule has 2 heterocycles. The summed E-state index contributed by atoms with van der Waals surface area (Å²) in [6.45, 7) is 9.75. The Morgan fingerprint density at radius 1 is 1.12 bits per heavy atom. The van der Waals surface area contributed by atoms with Crippen molar-refractivity contribution in [3.63, 3.8) is 0 Å². The summed E-state index contributed by atoms with van der Waals surface area (Å²) in [5.74, 6) is -0.416. The highest BCUT2D eigenvalue weighted by atomic mass is 16.5. The van der Waals surface area contributed by atoms with Crippen LogP contribution in [0.1, 0.15) is 51.2 Å². The third-order valence-corrected chi connectivity index (χ3v) is 6.47. The van der Waals surface area contributed by atoms with Crippen LogP contribution < -0.4 is 19.9 Å². The van der Waals surface area contributed by atoms with E-state index in [4.69, 9.17) is 4.74 Å². The molecule has 4 amide bonds. The smallest absolute Gasteiger partial charge is 0.335 e. The van der Waals surface area contributed by atoms with Gasteiger partial charge in [0.2, 0.25) is 0 Å². The number of imide groups is 2. The number of nitrogens with one attached hydrogen (secondary N) is 1. The Kier molecular flexibility index (Phi) is 5.74. The number of nitrogens with zero attached hydrogens (tertiary/aromatic N) is 2. The Labute approximate surface area is 194 Å². The van der Waals surface area contributed by atoms with Crippen molar-refractivity contribution in [2.24, 2.45) is 0 Å². The summed E-state index contributed by atoms with van der Waals surface area (Å²) in [6, 6.07) is 11.8. The zero-order chi connectivity index (χ0) is 23.9. The van der Waals surface area contributed by atoms with E-state index in [0.717, 1.165) is 23.4 Å². The molecule has 2 aliphatic heterocycles. The number of carbonyl (C=O) groups is 3. The average Bonchev–Trinajstić information content (AvgIpc) is 2.77. The monoisotopic (exact) mass is 447 g/mol. The largest absolute Gasteiger partial charge is 0.497 e. The maximum atomic E-state index is 13.2. The van der Waals surface area contributed by atoms with Gasteiger partial charge in [-0.15, -0.1) is 0 Å². The summed E-state index contributed by atoms with van der Waals surface area (Å²) >= 11 is 0. The van der Waals surface area contributed by atoms with E-state index in [1.165, 1.54) is 18.4 Å². The van der Waals surface area contributed by atoms with Gasteiger partial charge in [-0.3, -0.25) is 14.9 Å². The molecule has 1 fully saturated rings. The van der Waals surface area contributed by atoms with E-state index in [9.17, 15) is 14.4 Å². The molecule has 1 saturated heterocycles. The van der Waals surface area contributed by atoms with E-state index in [1.54, 1.807) is 30.3 Å². The Bertz CT molecular complexity index is 1150. The second-order valence-electron chi connectivity index (χ2n) is 9.14. The van der Waals surface area contributed by atoms with Gasteiger partial charge in [-0.1, -0.05) is 13.0 Å². The first-order chi connectivity index (χ1) is 15.7. The molecule has 172 valence electrons. The molecule has 1 atom stereocenters. The molecular formula is C26H29N3O4. The number of methoxy groups -OCH3 is 1. The van der Waals surface area contributed by atoms with Gasteiger partial charge in [0.25, 0.3) is 11.8 Å². The predicted octanol–water partition coefficient (Wildman–Crippen LogP) is 4.47. The molecule has 0 radical (unpaired) electrons. The Hall–Kier alpha value is -3.61. The summed E-state index contributed by atoms with van der Waals surface area (Å²) in [5.41, 5.74) is 3.45. The van der Waals surface area contributed by atoms with Crippen LogP contribution in [0.2, 0.25) is 0 Å². The number of rotatable bonds is 4. The molecule has 2 aromatic rings. The first-order valence-corrected chi connectivity index (χ1v) is 11.1. The number of benzene rings is 2. The molecule has 7 heteroatoms. The number of ether oxygens (including phenoxy) is 1. The van der Waals surface area contributed by atoms with Crippen molar-refractivity contribution >= 4 is 35.3 Å². The lowest BCUT2D eigenvalue weighted by molar-refractivity contribution is -0.122. The maximum Gasteiger partial charge on any atom is 0.335 e. The Morgan fingerprint density at radius 2 is 1.82 bits per heavy atom. The molecule has 1 N–H and O–H groups in total. The summed E-state index contributed by atoms with van der Waals surface area (Å²) < 4.78 is 5.14. The van der Waals surface area contributed by atoms with Gasteiger partial charge < -0.3 is 9.64 Å². The average molecular weight is 448 g/mol. The van der Waals surface area contributed by atoms with Gasteiger partial charge in [0, 0.05) is 17.8 Å². The summed E-state index contributed by atoms with van der Waals surface area (Å²) in [6.07, 6.45) is 2.57. The summed E-state index contributed by atoms with van der Waals surface area (Å²) in [5, 5.41) is 2.27. The van der Waals surface area contributed by atoms with Crippen LogP contribution in [0.25, 0.3) is 6.08 Å². The van der Waals surface area contributed by atoms with Gasteiger partial charge in [0.1, 0.15) is 11.3 Å². The lowest BCUT2D eigenvalue weighted by Gasteiger charge is -2.47. The van der Waals surface area contributed by atoms with Crippen LogP contribution in [-0.2, 0) is 9.59 Å². The van der Waals surface area contributed by atoms with E-state index in [-0.39, 0.29) is 11.1 Å². The van der Waals surface area contributed by atoms with E-state index >= 15 is 0 Å². The van der Waals surface area contributed by atoms with Crippen molar-refractivity contribution < 1.29 is 19.1 Å². The van der Waals surface area contributed by atoms with Crippen molar-refractivity contribution in [1.29, 1.82) is 0 Å². The number of hydrogen-bond acceptors (Lipinski definition) is 5. The molecule has 0 unspecified atom stereocenters. The molecule has 4 rings (SSSR count). The number of urea groups is 1. The van der Waals surface area contributed by atoms with Crippen molar-refractivity contribution in [3.05, 3.63) is 59.2 Å². The molecule has 0 bridgehead atoms. The molecular weight excluding hydrogens is 418 g/mol. The molecule has 0 spiro atoms. The summed E-state index contributed by atoms with van der Waals surface area (Å²) in [7, 11) is 1.54. The van der Waals surface area contributed by atoms with E-state index < -0.39 is 17.8 Å². The number of carbonyl (C=O) groups excluding carboxylic acids is 3. The first-order valence-electron chi connectivity index (χ1n) is 11.1. The van der Waals surface area contributed by atoms with Crippen molar-refractivity contribution in [2.45, 2.75) is 45.6 Å². The number of hydrogen-bond donors (Lipinski definition) is 1. The number of anilines is 2. The molecule has 33 heavy (non-hydrogen) atoms. The van der Waals surface area contributed by atoms with Gasteiger partial charge in [0.15, 0.2) is 0 Å². The van der Waals surface area contributed by atoms with E-state index in [1.807, 2.05) is 12.1 Å². The highest BCUT2D eigenvalue weighted by Gasteiger charge is 2.38. The zero-order valence-electron chi connectivity index (χ0n) is 19.6. The van der Waals surface area contributed by atoms with Crippen LogP contribution in [0.3, 0.4) is 0 Å². The van der Waals surface area contributed by atoms with Crippen molar-refractivity contribution in [3.8, 4) is 5.75 Å². The van der Waals surface area contributed by atoms with Crippen LogP contribution in [0, 0.1) is 0 Å². The van der Waals surface area contributed by atoms with Gasteiger partial charge in [-0.2, -0.15) is 0 Å². The Morgan fingerprint density at radius 3 is 2.45 bits per heavy atom. The highest BCUT2D eigenvalue weighted by molar-refractivity contribution is 6.39. The second-order valence-corrected chi connectivity index (χ2v) is 9.14. The minimum Gasteiger partial charge on any atom is -0.497 e. The highest BCUT2D eigenvalue weighted by Crippen LogP contribution is 2.43. The second kappa shape index (κ2) is 8.39.